The topological polar surface area (TPSA) is 61.9 Å². The van der Waals surface area contributed by atoms with Crippen LogP contribution in [0.4, 0.5) is 0 Å². The van der Waals surface area contributed by atoms with E-state index in [1.54, 1.807) is 17.9 Å². The number of rotatable bonds is 8. The first kappa shape index (κ1) is 21.6. The van der Waals surface area contributed by atoms with Crippen LogP contribution in [-0.4, -0.2) is 67.0 Å². The summed E-state index contributed by atoms with van der Waals surface area (Å²) in [5, 5.41) is 2.77. The van der Waals surface area contributed by atoms with Gasteiger partial charge in [-0.3, -0.25) is 14.5 Å². The number of carbonyl (C=O) groups is 2. The molecular weight excluding hydrogens is 378 g/mol. The maximum atomic E-state index is 12.8. The number of hydrogen-bond donors (Lipinski definition) is 1. The Labute approximate surface area is 178 Å². The molecule has 1 fully saturated rings. The van der Waals surface area contributed by atoms with E-state index in [0.717, 1.165) is 11.1 Å². The number of nitrogens with zero attached hydrogens (tertiary/aromatic N) is 2. The Balaban J connectivity index is 1.47. The smallest absolute Gasteiger partial charge is 0.263 e. The Kier molecular flexibility index (Phi) is 7.63. The lowest BCUT2D eigenvalue weighted by molar-refractivity contribution is -0.139. The summed E-state index contributed by atoms with van der Waals surface area (Å²) in [6.07, 6.45) is 1.10. The predicted molar refractivity (Wildman–Crippen MR) is 118 cm³/mol. The Bertz CT molecular complexity index is 844. The van der Waals surface area contributed by atoms with Crippen molar-refractivity contribution in [1.82, 2.24) is 15.1 Å². The molecule has 2 aromatic rings. The highest BCUT2D eigenvalue weighted by Gasteiger charge is 2.26. The fraction of sp³-hybridized carbons (Fsp3) is 0.333. The molecule has 6 nitrogen and oxygen atoms in total. The minimum atomic E-state index is -0.560. The molecule has 0 radical (unpaired) electrons. The molecule has 1 atom stereocenters. The van der Waals surface area contributed by atoms with E-state index < -0.39 is 6.10 Å². The van der Waals surface area contributed by atoms with Gasteiger partial charge in [0.15, 0.2) is 6.10 Å². The monoisotopic (exact) mass is 407 g/mol. The van der Waals surface area contributed by atoms with Crippen molar-refractivity contribution in [2.24, 2.45) is 0 Å². The van der Waals surface area contributed by atoms with Crippen molar-refractivity contribution >= 4 is 11.8 Å². The quantitative estimate of drug-likeness (QED) is 0.684. The zero-order valence-corrected chi connectivity index (χ0v) is 17.4. The van der Waals surface area contributed by atoms with Gasteiger partial charge in [0, 0.05) is 32.7 Å². The van der Waals surface area contributed by atoms with Gasteiger partial charge in [0.05, 0.1) is 6.54 Å². The van der Waals surface area contributed by atoms with Gasteiger partial charge in [-0.25, -0.2) is 0 Å². The molecule has 1 heterocycles. The van der Waals surface area contributed by atoms with E-state index in [9.17, 15) is 9.59 Å². The zero-order chi connectivity index (χ0) is 21.3. The first-order chi connectivity index (χ1) is 14.6. The average molecular weight is 408 g/mol. The van der Waals surface area contributed by atoms with Crippen molar-refractivity contribution in [3.63, 3.8) is 0 Å². The van der Waals surface area contributed by atoms with E-state index in [-0.39, 0.29) is 11.8 Å². The molecule has 0 aromatic heterocycles. The number of nitrogens with one attached hydrogen (secondary N) is 1. The third-order valence-electron chi connectivity index (χ3n) is 5.12. The Morgan fingerprint density at radius 2 is 1.67 bits per heavy atom. The van der Waals surface area contributed by atoms with Crippen molar-refractivity contribution < 1.29 is 14.3 Å². The SMILES string of the molecule is C=CCNC(=O)CN1CCN(C(=O)C(C)Oc2ccc(-c3ccccc3)cc2)CC1. The second kappa shape index (κ2) is 10.6. The number of piperazine rings is 1. The molecule has 0 spiro atoms. The van der Waals surface area contributed by atoms with E-state index in [2.05, 4.69) is 28.9 Å². The van der Waals surface area contributed by atoms with Gasteiger partial charge < -0.3 is 15.0 Å². The molecule has 1 aliphatic rings. The summed E-state index contributed by atoms with van der Waals surface area (Å²) < 4.78 is 5.88. The molecule has 1 unspecified atom stereocenters. The number of amides is 2. The van der Waals surface area contributed by atoms with Gasteiger partial charge in [-0.05, 0) is 30.2 Å². The summed E-state index contributed by atoms with van der Waals surface area (Å²) >= 11 is 0. The third-order valence-corrected chi connectivity index (χ3v) is 5.12. The van der Waals surface area contributed by atoms with E-state index in [4.69, 9.17) is 4.74 Å². The third kappa shape index (κ3) is 5.94. The second-order valence-electron chi connectivity index (χ2n) is 7.34. The van der Waals surface area contributed by atoms with Crippen LogP contribution in [0.2, 0.25) is 0 Å². The molecule has 2 amide bonds. The first-order valence-corrected chi connectivity index (χ1v) is 10.3. The molecular formula is C24H29N3O3. The molecule has 1 aliphatic heterocycles. The van der Waals surface area contributed by atoms with Crippen LogP contribution in [0.25, 0.3) is 11.1 Å². The largest absolute Gasteiger partial charge is 0.481 e. The standard InChI is InChI=1S/C24H29N3O3/c1-3-13-25-23(28)18-26-14-16-27(17-15-26)24(29)19(2)30-22-11-9-21(10-12-22)20-7-5-4-6-8-20/h3-12,19H,1,13-18H2,2H3,(H,25,28). The fourth-order valence-electron chi connectivity index (χ4n) is 3.44. The van der Waals surface area contributed by atoms with Crippen LogP contribution in [0, 0.1) is 0 Å². The van der Waals surface area contributed by atoms with Crippen molar-refractivity contribution in [1.29, 1.82) is 0 Å². The summed E-state index contributed by atoms with van der Waals surface area (Å²) in [6, 6.07) is 17.9. The van der Waals surface area contributed by atoms with Crippen LogP contribution >= 0.6 is 0 Å². The van der Waals surface area contributed by atoms with Gasteiger partial charge >= 0.3 is 0 Å². The van der Waals surface area contributed by atoms with Gasteiger partial charge in [0.2, 0.25) is 5.91 Å². The van der Waals surface area contributed by atoms with Crippen molar-refractivity contribution in [2.45, 2.75) is 13.0 Å². The van der Waals surface area contributed by atoms with Crippen molar-refractivity contribution in [3.05, 3.63) is 67.3 Å². The van der Waals surface area contributed by atoms with E-state index >= 15 is 0 Å². The van der Waals surface area contributed by atoms with Crippen LogP contribution in [0.15, 0.2) is 67.3 Å². The number of ether oxygens (including phenoxy) is 1. The van der Waals surface area contributed by atoms with Crippen LogP contribution in [0.3, 0.4) is 0 Å². The van der Waals surface area contributed by atoms with Crippen LogP contribution in [-0.2, 0) is 9.59 Å². The molecule has 2 aromatic carbocycles. The fourth-order valence-corrected chi connectivity index (χ4v) is 3.44. The Hall–Kier alpha value is -3.12. The van der Waals surface area contributed by atoms with Gasteiger partial charge in [0.1, 0.15) is 5.75 Å². The van der Waals surface area contributed by atoms with Gasteiger partial charge in [-0.1, -0.05) is 48.5 Å². The highest BCUT2D eigenvalue weighted by atomic mass is 16.5. The van der Waals surface area contributed by atoms with Crippen LogP contribution in [0.1, 0.15) is 6.92 Å². The number of hydrogen-bond acceptors (Lipinski definition) is 4. The summed E-state index contributed by atoms with van der Waals surface area (Å²) in [5.41, 5.74) is 2.25. The lowest BCUT2D eigenvalue weighted by atomic mass is 10.1. The summed E-state index contributed by atoms with van der Waals surface area (Å²) in [5.74, 6) is 0.622. The summed E-state index contributed by atoms with van der Waals surface area (Å²) in [4.78, 5) is 28.4. The lowest BCUT2D eigenvalue weighted by Gasteiger charge is -2.35. The molecule has 158 valence electrons. The molecule has 0 bridgehead atoms. The maximum Gasteiger partial charge on any atom is 0.263 e. The minimum absolute atomic E-state index is 0.0228. The maximum absolute atomic E-state index is 12.8. The van der Waals surface area contributed by atoms with E-state index in [1.807, 2.05) is 42.5 Å². The number of benzene rings is 2. The first-order valence-electron chi connectivity index (χ1n) is 10.3. The van der Waals surface area contributed by atoms with Crippen LogP contribution < -0.4 is 10.1 Å². The molecule has 1 saturated heterocycles. The molecule has 0 aliphatic carbocycles. The van der Waals surface area contributed by atoms with Gasteiger partial charge in [-0.15, -0.1) is 6.58 Å². The van der Waals surface area contributed by atoms with Crippen molar-refractivity contribution in [2.75, 3.05) is 39.3 Å². The molecule has 6 heteroatoms. The highest BCUT2D eigenvalue weighted by Crippen LogP contribution is 2.23. The average Bonchev–Trinajstić information content (AvgIpc) is 2.79. The van der Waals surface area contributed by atoms with Gasteiger partial charge in [-0.2, -0.15) is 0 Å². The zero-order valence-electron chi connectivity index (χ0n) is 17.4. The predicted octanol–water partition coefficient (Wildman–Crippen LogP) is 2.57. The van der Waals surface area contributed by atoms with Crippen LogP contribution in [0.5, 0.6) is 5.75 Å². The van der Waals surface area contributed by atoms with E-state index in [0.29, 0.717) is 45.0 Å². The molecule has 0 saturated carbocycles. The number of carbonyl (C=O) groups excluding carboxylic acids is 2. The Morgan fingerprint density at radius 3 is 2.30 bits per heavy atom. The molecule has 3 rings (SSSR count). The Morgan fingerprint density at radius 1 is 1.03 bits per heavy atom. The summed E-state index contributed by atoms with van der Waals surface area (Å²) in [6.45, 7) is 8.71. The molecule has 1 N–H and O–H groups in total. The van der Waals surface area contributed by atoms with E-state index in [1.165, 1.54) is 0 Å². The van der Waals surface area contributed by atoms with Gasteiger partial charge in [0.25, 0.3) is 5.91 Å². The normalized spacial score (nSPS) is 15.3. The van der Waals surface area contributed by atoms with Crippen molar-refractivity contribution in [3.8, 4) is 16.9 Å². The molecule has 30 heavy (non-hydrogen) atoms. The lowest BCUT2D eigenvalue weighted by Crippen LogP contribution is -2.53. The second-order valence-corrected chi connectivity index (χ2v) is 7.34. The minimum Gasteiger partial charge on any atom is -0.481 e. The highest BCUT2D eigenvalue weighted by molar-refractivity contribution is 5.81. The summed E-state index contributed by atoms with van der Waals surface area (Å²) in [7, 11) is 0.